The van der Waals surface area contributed by atoms with E-state index in [4.69, 9.17) is 0 Å². The van der Waals surface area contributed by atoms with E-state index < -0.39 is 0 Å². The Balaban J connectivity index is 1.65. The van der Waals surface area contributed by atoms with E-state index in [0.29, 0.717) is 0 Å². The van der Waals surface area contributed by atoms with E-state index >= 15 is 0 Å². The molecule has 0 aliphatic rings. The fourth-order valence-electron chi connectivity index (χ4n) is 2.05. The molecule has 4 nitrogen and oxygen atoms in total. The zero-order valence-corrected chi connectivity index (χ0v) is 12.0. The summed E-state index contributed by atoms with van der Waals surface area (Å²) in [5, 5.41) is 5.52. The quantitative estimate of drug-likeness (QED) is 0.744. The van der Waals surface area contributed by atoms with Crippen molar-refractivity contribution in [3.05, 3.63) is 23.5 Å². The molecule has 18 heavy (non-hydrogen) atoms. The van der Waals surface area contributed by atoms with Crippen molar-refractivity contribution >= 4 is 16.3 Å². The van der Waals surface area contributed by atoms with Crippen LogP contribution in [0.15, 0.2) is 17.8 Å². The maximum absolute atomic E-state index is 4.55. The first-order valence-electron chi connectivity index (χ1n) is 6.67. The monoisotopic (exact) mass is 266 g/mol. The average molecular weight is 266 g/mol. The second-order valence-corrected chi connectivity index (χ2v) is 5.26. The second kappa shape index (κ2) is 6.87. The highest BCUT2D eigenvalue weighted by Gasteiger charge is 2.02. The number of fused-ring (bicyclic) bond motifs is 1. The van der Waals surface area contributed by atoms with Crippen molar-refractivity contribution in [1.82, 2.24) is 19.6 Å². The number of aromatic nitrogens is 2. The molecule has 0 fully saturated rings. The molecule has 5 heteroatoms. The lowest BCUT2D eigenvalue weighted by atomic mass is 10.3. The van der Waals surface area contributed by atoms with E-state index in [1.807, 2.05) is 0 Å². The molecule has 0 saturated carbocycles. The standard InChI is InChI=1S/C13H22N4S/c1-3-16(4-2)7-5-6-14-10-12-11-17-8-9-18-13(17)15-12/h8-9,11,14H,3-7,10H2,1-2H3. The van der Waals surface area contributed by atoms with Crippen molar-refractivity contribution in [1.29, 1.82) is 0 Å². The van der Waals surface area contributed by atoms with Crippen LogP contribution in [0.2, 0.25) is 0 Å². The number of nitrogens with one attached hydrogen (secondary N) is 1. The highest BCUT2D eigenvalue weighted by molar-refractivity contribution is 7.15. The van der Waals surface area contributed by atoms with Gasteiger partial charge in [-0.3, -0.25) is 4.40 Å². The number of hydrogen-bond donors (Lipinski definition) is 1. The van der Waals surface area contributed by atoms with Gasteiger partial charge >= 0.3 is 0 Å². The van der Waals surface area contributed by atoms with Gasteiger partial charge in [0.05, 0.1) is 5.69 Å². The average Bonchev–Trinajstić information content (AvgIpc) is 2.94. The summed E-state index contributed by atoms with van der Waals surface area (Å²) in [4.78, 5) is 8.08. The Hall–Kier alpha value is -0.910. The van der Waals surface area contributed by atoms with Crippen molar-refractivity contribution in [2.45, 2.75) is 26.8 Å². The molecule has 0 aromatic carbocycles. The van der Waals surface area contributed by atoms with Crippen LogP contribution in [0.25, 0.3) is 4.96 Å². The minimum atomic E-state index is 0.868. The molecule has 0 bridgehead atoms. The van der Waals surface area contributed by atoms with E-state index in [0.717, 1.165) is 36.8 Å². The molecule has 0 atom stereocenters. The summed E-state index contributed by atoms with van der Waals surface area (Å²) in [6.45, 7) is 9.83. The van der Waals surface area contributed by atoms with Gasteiger partial charge in [-0.05, 0) is 32.6 Å². The van der Waals surface area contributed by atoms with Crippen molar-refractivity contribution < 1.29 is 0 Å². The van der Waals surface area contributed by atoms with E-state index in [2.05, 4.69) is 51.2 Å². The van der Waals surface area contributed by atoms with Crippen LogP contribution in [0.3, 0.4) is 0 Å². The molecule has 2 heterocycles. The molecule has 0 radical (unpaired) electrons. The van der Waals surface area contributed by atoms with Gasteiger partial charge in [-0.15, -0.1) is 11.3 Å². The topological polar surface area (TPSA) is 32.6 Å². The van der Waals surface area contributed by atoms with Crippen LogP contribution in [0.5, 0.6) is 0 Å². The third-order valence-electron chi connectivity index (χ3n) is 3.17. The maximum Gasteiger partial charge on any atom is 0.193 e. The summed E-state index contributed by atoms with van der Waals surface area (Å²) in [5.41, 5.74) is 1.13. The highest BCUT2D eigenvalue weighted by Crippen LogP contribution is 2.10. The van der Waals surface area contributed by atoms with Gasteiger partial charge in [0.2, 0.25) is 0 Å². The fourth-order valence-corrected chi connectivity index (χ4v) is 2.76. The predicted molar refractivity (Wildman–Crippen MR) is 77.2 cm³/mol. The van der Waals surface area contributed by atoms with Crippen molar-refractivity contribution in [3.8, 4) is 0 Å². The first kappa shape index (κ1) is 13.5. The van der Waals surface area contributed by atoms with E-state index in [-0.39, 0.29) is 0 Å². The lowest BCUT2D eigenvalue weighted by Crippen LogP contribution is -2.27. The van der Waals surface area contributed by atoms with Gasteiger partial charge in [-0.25, -0.2) is 4.98 Å². The van der Waals surface area contributed by atoms with Gasteiger partial charge in [0.25, 0.3) is 0 Å². The smallest absolute Gasteiger partial charge is 0.193 e. The molecule has 2 rings (SSSR count). The van der Waals surface area contributed by atoms with Crippen molar-refractivity contribution in [2.75, 3.05) is 26.2 Å². The largest absolute Gasteiger partial charge is 0.311 e. The Kier molecular flexibility index (Phi) is 5.16. The SMILES string of the molecule is CCN(CC)CCCNCc1cn2ccsc2n1. The van der Waals surface area contributed by atoms with Gasteiger partial charge in [-0.2, -0.15) is 0 Å². The van der Waals surface area contributed by atoms with Gasteiger partial charge < -0.3 is 10.2 Å². The highest BCUT2D eigenvalue weighted by atomic mass is 32.1. The third-order valence-corrected chi connectivity index (χ3v) is 3.94. The zero-order valence-electron chi connectivity index (χ0n) is 11.2. The maximum atomic E-state index is 4.55. The Morgan fingerprint density at radius 2 is 2.22 bits per heavy atom. The molecule has 0 aliphatic heterocycles. The number of rotatable bonds is 8. The second-order valence-electron chi connectivity index (χ2n) is 4.38. The summed E-state index contributed by atoms with van der Waals surface area (Å²) in [6.07, 6.45) is 5.35. The first-order chi connectivity index (χ1) is 8.83. The number of nitrogens with zero attached hydrogens (tertiary/aromatic N) is 3. The Morgan fingerprint density at radius 1 is 1.39 bits per heavy atom. The number of imidazole rings is 1. The Morgan fingerprint density at radius 3 is 2.94 bits per heavy atom. The molecular weight excluding hydrogens is 244 g/mol. The molecule has 100 valence electrons. The number of thiazole rings is 1. The predicted octanol–water partition coefficient (Wildman–Crippen LogP) is 2.22. The fraction of sp³-hybridized carbons (Fsp3) is 0.615. The van der Waals surface area contributed by atoms with Gasteiger partial charge in [0.15, 0.2) is 4.96 Å². The molecule has 0 saturated heterocycles. The van der Waals surface area contributed by atoms with Crippen molar-refractivity contribution in [3.63, 3.8) is 0 Å². The molecule has 2 aromatic heterocycles. The van der Waals surface area contributed by atoms with Crippen LogP contribution in [-0.4, -0.2) is 40.5 Å². The van der Waals surface area contributed by atoms with Crippen LogP contribution in [-0.2, 0) is 6.54 Å². The molecule has 0 amide bonds. The first-order valence-corrected chi connectivity index (χ1v) is 7.55. The Labute approximate surface area is 113 Å². The summed E-state index contributed by atoms with van der Waals surface area (Å²) in [6, 6.07) is 0. The molecule has 0 spiro atoms. The molecule has 0 aliphatic carbocycles. The van der Waals surface area contributed by atoms with Crippen LogP contribution in [0.1, 0.15) is 26.0 Å². The van der Waals surface area contributed by atoms with Crippen molar-refractivity contribution in [2.24, 2.45) is 0 Å². The lowest BCUT2D eigenvalue weighted by molar-refractivity contribution is 0.298. The van der Waals surface area contributed by atoms with Crippen LogP contribution < -0.4 is 5.32 Å². The van der Waals surface area contributed by atoms with Crippen LogP contribution in [0.4, 0.5) is 0 Å². The molecular formula is C13H22N4S. The summed E-state index contributed by atoms with van der Waals surface area (Å²) >= 11 is 1.68. The molecule has 1 N–H and O–H groups in total. The van der Waals surface area contributed by atoms with E-state index in [1.54, 1.807) is 11.3 Å². The molecule has 0 unspecified atom stereocenters. The van der Waals surface area contributed by atoms with Crippen LogP contribution in [0, 0.1) is 0 Å². The summed E-state index contributed by atoms with van der Waals surface area (Å²) in [5.74, 6) is 0. The summed E-state index contributed by atoms with van der Waals surface area (Å²) in [7, 11) is 0. The minimum absolute atomic E-state index is 0.868. The van der Waals surface area contributed by atoms with E-state index in [9.17, 15) is 0 Å². The van der Waals surface area contributed by atoms with E-state index in [1.165, 1.54) is 13.0 Å². The molecule has 2 aromatic rings. The van der Waals surface area contributed by atoms with Gasteiger partial charge in [-0.1, -0.05) is 13.8 Å². The number of hydrogen-bond acceptors (Lipinski definition) is 4. The normalized spacial score (nSPS) is 11.7. The van der Waals surface area contributed by atoms with Crippen LogP contribution >= 0.6 is 11.3 Å². The summed E-state index contributed by atoms with van der Waals surface area (Å²) < 4.78 is 2.08. The van der Waals surface area contributed by atoms with Gasteiger partial charge in [0, 0.05) is 24.3 Å². The lowest BCUT2D eigenvalue weighted by Gasteiger charge is -2.17. The Bertz CT molecular complexity index is 430. The zero-order chi connectivity index (χ0) is 12.8. The minimum Gasteiger partial charge on any atom is -0.311 e. The third kappa shape index (κ3) is 3.54. The van der Waals surface area contributed by atoms with Gasteiger partial charge in [0.1, 0.15) is 0 Å².